The summed E-state index contributed by atoms with van der Waals surface area (Å²) in [5.41, 5.74) is 5.06. The Hall–Kier alpha value is -2.13. The summed E-state index contributed by atoms with van der Waals surface area (Å²) in [7, 11) is 0. The number of hydrogen-bond acceptors (Lipinski definition) is 4. The second kappa shape index (κ2) is 17.4. The Balaban J connectivity index is 0.000000253. The van der Waals surface area contributed by atoms with E-state index in [-0.39, 0.29) is 34.9 Å². The molecule has 2 nitrogen and oxygen atoms in total. The Morgan fingerprint density at radius 3 is 0.892 bits per heavy atom. The zero-order chi connectivity index (χ0) is 25.6. The van der Waals surface area contributed by atoms with E-state index in [2.05, 4.69) is 108 Å². The van der Waals surface area contributed by atoms with Crippen molar-refractivity contribution in [3.05, 3.63) is 144 Å². The van der Waals surface area contributed by atoms with Crippen molar-refractivity contribution in [3.8, 4) is 0 Å². The van der Waals surface area contributed by atoms with Gasteiger partial charge in [-0.05, 0) is 22.3 Å². The third kappa shape index (κ3) is 11.0. The third-order valence-electron chi connectivity index (χ3n) is 5.71. The van der Waals surface area contributed by atoms with Gasteiger partial charge in [-0.25, -0.2) is 0 Å². The van der Waals surface area contributed by atoms with Crippen LogP contribution in [0.3, 0.4) is 0 Å². The Bertz CT molecular complexity index is 1020. The molecule has 2 N–H and O–H groups in total. The first kappa shape index (κ1) is 31.1. The zero-order valence-electron chi connectivity index (χ0n) is 20.5. The van der Waals surface area contributed by atoms with Crippen molar-refractivity contribution in [1.82, 2.24) is 10.6 Å². The standard InChI is InChI=1S/2C15H15NS2.Mg/c2*17-15(18)16-11-14(12-7-3-1-4-8-12)13-9-5-2-6-10-13;/h2*1-10,14H,11H2,(H2,16,17,18);/q;;+2/p-2. The number of thiocarbonyl (C=S) groups is 2. The molecule has 4 rings (SSSR count). The van der Waals surface area contributed by atoms with Gasteiger partial charge < -0.3 is 60.3 Å². The number of rotatable bonds is 8. The second-order valence-electron chi connectivity index (χ2n) is 8.08. The summed E-state index contributed by atoms with van der Waals surface area (Å²) in [5, 5.41) is 6.18. The molecule has 37 heavy (non-hydrogen) atoms. The van der Waals surface area contributed by atoms with E-state index in [1.807, 2.05) is 24.3 Å². The molecule has 7 heteroatoms. The molecule has 0 aromatic heterocycles. The average Bonchev–Trinajstić information content (AvgIpc) is 2.91. The van der Waals surface area contributed by atoms with Gasteiger partial charge in [-0.2, -0.15) is 0 Å². The molecule has 0 bridgehead atoms. The van der Waals surface area contributed by atoms with Gasteiger partial charge >= 0.3 is 23.1 Å². The molecule has 0 aliphatic heterocycles. The van der Waals surface area contributed by atoms with E-state index in [1.54, 1.807) is 0 Å². The van der Waals surface area contributed by atoms with Gasteiger partial charge in [-0.15, -0.1) is 0 Å². The van der Waals surface area contributed by atoms with Gasteiger partial charge in [-0.1, -0.05) is 130 Å². The first-order valence-electron chi connectivity index (χ1n) is 11.6. The molecule has 0 aliphatic carbocycles. The van der Waals surface area contributed by atoms with Crippen molar-refractivity contribution >= 4 is 81.4 Å². The molecule has 0 atom stereocenters. The van der Waals surface area contributed by atoms with Crippen LogP contribution >= 0.6 is 24.4 Å². The molecule has 0 spiro atoms. The second-order valence-corrected chi connectivity index (χ2v) is 10.2. The van der Waals surface area contributed by atoms with Crippen LogP contribution in [0.2, 0.25) is 0 Å². The molecule has 0 radical (unpaired) electrons. The predicted molar refractivity (Wildman–Crippen MR) is 171 cm³/mol. The van der Waals surface area contributed by atoms with Crippen LogP contribution in [0.25, 0.3) is 0 Å². The van der Waals surface area contributed by atoms with Crippen LogP contribution in [0.4, 0.5) is 0 Å². The molecular formula is C30H28MgN2S4. The summed E-state index contributed by atoms with van der Waals surface area (Å²) in [6.07, 6.45) is 0. The quantitative estimate of drug-likeness (QED) is 0.151. The van der Waals surface area contributed by atoms with Crippen LogP contribution in [0.5, 0.6) is 0 Å². The molecule has 184 valence electrons. The van der Waals surface area contributed by atoms with Crippen molar-refractivity contribution in [2.75, 3.05) is 13.1 Å². The van der Waals surface area contributed by atoms with Gasteiger partial charge in [0.05, 0.1) is 0 Å². The van der Waals surface area contributed by atoms with E-state index in [0.717, 1.165) is 13.1 Å². The molecule has 0 unspecified atom stereocenters. The summed E-state index contributed by atoms with van der Waals surface area (Å²) in [4.78, 5) is 0. The molecule has 0 saturated carbocycles. The Morgan fingerprint density at radius 1 is 0.486 bits per heavy atom. The van der Waals surface area contributed by atoms with Gasteiger partial charge in [0.25, 0.3) is 0 Å². The first-order valence-corrected chi connectivity index (χ1v) is 13.3. The van der Waals surface area contributed by atoms with E-state index in [4.69, 9.17) is 49.7 Å². The molecular weight excluding hydrogens is 541 g/mol. The van der Waals surface area contributed by atoms with E-state index in [0.29, 0.717) is 8.64 Å². The molecule has 4 aromatic carbocycles. The van der Waals surface area contributed by atoms with E-state index >= 15 is 0 Å². The zero-order valence-corrected chi connectivity index (χ0v) is 25.1. The Kier molecular flexibility index (Phi) is 14.6. The van der Waals surface area contributed by atoms with Crippen molar-refractivity contribution in [2.45, 2.75) is 11.8 Å². The van der Waals surface area contributed by atoms with Crippen molar-refractivity contribution in [1.29, 1.82) is 0 Å². The van der Waals surface area contributed by atoms with Crippen LogP contribution in [-0.4, -0.2) is 44.8 Å². The largest absolute Gasteiger partial charge is 2.00 e. The predicted octanol–water partition coefficient (Wildman–Crippen LogP) is 6.10. The van der Waals surface area contributed by atoms with E-state index in [9.17, 15) is 0 Å². The minimum Gasteiger partial charge on any atom is -0.412 e. The fourth-order valence-electron chi connectivity index (χ4n) is 3.97. The monoisotopic (exact) mass is 568 g/mol. The Labute approximate surface area is 258 Å². The number of nitrogens with one attached hydrogen (secondary N) is 2. The number of benzene rings is 4. The summed E-state index contributed by atoms with van der Waals surface area (Å²) < 4.78 is 0.846. The molecule has 0 heterocycles. The summed E-state index contributed by atoms with van der Waals surface area (Å²) in [6, 6.07) is 41.6. The summed E-state index contributed by atoms with van der Waals surface area (Å²) >= 11 is 19.7. The third-order valence-corrected chi connectivity index (χ3v) is 6.29. The number of hydrogen-bond donors (Lipinski definition) is 2. The van der Waals surface area contributed by atoms with Crippen LogP contribution in [-0.2, 0) is 25.3 Å². The van der Waals surface area contributed by atoms with Crippen molar-refractivity contribution < 1.29 is 0 Å². The maximum absolute atomic E-state index is 4.92. The van der Waals surface area contributed by atoms with Crippen LogP contribution in [0.15, 0.2) is 121 Å². The van der Waals surface area contributed by atoms with Crippen LogP contribution in [0.1, 0.15) is 34.1 Å². The smallest absolute Gasteiger partial charge is 0.412 e. The van der Waals surface area contributed by atoms with Crippen molar-refractivity contribution in [3.63, 3.8) is 0 Å². The SMILES string of the molecule is S=C([S-])NCC(c1ccccc1)c1ccccc1.S=C([S-])NCC(c1ccccc1)c1ccccc1.[Mg+2]. The van der Waals surface area contributed by atoms with Gasteiger partial charge in [0.1, 0.15) is 0 Å². The van der Waals surface area contributed by atoms with Crippen molar-refractivity contribution in [2.24, 2.45) is 0 Å². The fourth-order valence-corrected chi connectivity index (χ4v) is 4.30. The normalized spacial score (nSPS) is 10.0. The fraction of sp³-hybridized carbons (Fsp3) is 0.133. The van der Waals surface area contributed by atoms with Gasteiger partial charge in [0, 0.05) is 24.9 Å². The molecule has 0 aliphatic rings. The maximum atomic E-state index is 4.92. The minimum atomic E-state index is 0. The molecule has 0 saturated heterocycles. The summed E-state index contributed by atoms with van der Waals surface area (Å²) in [5.74, 6) is 0.543. The Morgan fingerprint density at radius 2 is 0.703 bits per heavy atom. The molecule has 0 amide bonds. The van der Waals surface area contributed by atoms with Gasteiger partial charge in [0.15, 0.2) is 0 Å². The average molecular weight is 569 g/mol. The molecule has 0 fully saturated rings. The van der Waals surface area contributed by atoms with E-state index in [1.165, 1.54) is 22.3 Å². The van der Waals surface area contributed by atoms with E-state index < -0.39 is 0 Å². The topological polar surface area (TPSA) is 24.1 Å². The maximum Gasteiger partial charge on any atom is 2.00 e. The molecule has 4 aromatic rings. The van der Waals surface area contributed by atoms with Crippen LogP contribution in [0, 0.1) is 0 Å². The van der Waals surface area contributed by atoms with Crippen LogP contribution < -0.4 is 10.6 Å². The first-order chi connectivity index (χ1) is 17.5. The van der Waals surface area contributed by atoms with Gasteiger partial charge in [0.2, 0.25) is 0 Å². The van der Waals surface area contributed by atoms with Gasteiger partial charge in [-0.3, -0.25) is 0 Å². The minimum absolute atomic E-state index is 0. The summed E-state index contributed by atoms with van der Waals surface area (Å²) in [6.45, 7) is 1.46.